The third kappa shape index (κ3) is 0.970. The van der Waals surface area contributed by atoms with Gasteiger partial charge in [0.05, 0.1) is 6.61 Å². The topological polar surface area (TPSA) is 21.3 Å². The molecule has 2 nitrogen and oxygen atoms in total. The molecular formula is C7H13NO. The Labute approximate surface area is 55.6 Å². The number of ether oxygens (including phenoxy) is 1. The van der Waals surface area contributed by atoms with E-state index in [1.54, 1.807) is 0 Å². The van der Waals surface area contributed by atoms with E-state index in [0.717, 1.165) is 25.0 Å². The van der Waals surface area contributed by atoms with Crippen molar-refractivity contribution in [2.24, 2.45) is 11.8 Å². The molecular weight excluding hydrogens is 114 g/mol. The van der Waals surface area contributed by atoms with Crippen LogP contribution >= 0.6 is 0 Å². The molecule has 0 aromatic rings. The van der Waals surface area contributed by atoms with Gasteiger partial charge in [0.1, 0.15) is 0 Å². The summed E-state index contributed by atoms with van der Waals surface area (Å²) >= 11 is 0. The molecule has 0 radical (unpaired) electrons. The second kappa shape index (κ2) is 2.27. The maximum atomic E-state index is 5.34. The van der Waals surface area contributed by atoms with Crippen LogP contribution in [0.5, 0.6) is 0 Å². The third-order valence-electron chi connectivity index (χ3n) is 2.44. The van der Waals surface area contributed by atoms with E-state index in [-0.39, 0.29) is 0 Å². The van der Waals surface area contributed by atoms with Crippen LogP contribution in [0.3, 0.4) is 0 Å². The molecule has 9 heavy (non-hydrogen) atoms. The first-order valence-electron chi connectivity index (χ1n) is 3.75. The highest BCUT2D eigenvalue weighted by molar-refractivity contribution is 4.82. The van der Waals surface area contributed by atoms with Crippen molar-refractivity contribution in [3.05, 3.63) is 0 Å². The lowest BCUT2D eigenvalue weighted by Crippen LogP contribution is -2.25. The Morgan fingerprint density at radius 3 is 3.00 bits per heavy atom. The van der Waals surface area contributed by atoms with Crippen LogP contribution in [-0.2, 0) is 4.74 Å². The van der Waals surface area contributed by atoms with Crippen molar-refractivity contribution < 1.29 is 4.74 Å². The van der Waals surface area contributed by atoms with Crippen LogP contribution < -0.4 is 5.32 Å². The average molecular weight is 127 g/mol. The summed E-state index contributed by atoms with van der Waals surface area (Å²) < 4.78 is 5.34. The molecule has 2 aliphatic rings. The highest BCUT2D eigenvalue weighted by atomic mass is 16.5. The molecule has 0 aromatic carbocycles. The van der Waals surface area contributed by atoms with Crippen molar-refractivity contribution in [1.29, 1.82) is 0 Å². The number of rotatable bonds is 0. The van der Waals surface area contributed by atoms with E-state index in [4.69, 9.17) is 4.74 Å². The molecule has 2 heterocycles. The maximum Gasteiger partial charge on any atom is 0.0509 e. The molecule has 52 valence electrons. The smallest absolute Gasteiger partial charge is 0.0509 e. The van der Waals surface area contributed by atoms with E-state index in [2.05, 4.69) is 5.32 Å². The second-order valence-electron chi connectivity index (χ2n) is 3.04. The van der Waals surface area contributed by atoms with Crippen LogP contribution in [0.25, 0.3) is 0 Å². The number of hydrogen-bond donors (Lipinski definition) is 1. The predicted molar refractivity (Wildman–Crippen MR) is 35.3 cm³/mol. The van der Waals surface area contributed by atoms with Gasteiger partial charge < -0.3 is 10.1 Å². The van der Waals surface area contributed by atoms with Gasteiger partial charge in [-0.25, -0.2) is 0 Å². The fourth-order valence-electron chi connectivity index (χ4n) is 1.79. The zero-order valence-corrected chi connectivity index (χ0v) is 5.60. The van der Waals surface area contributed by atoms with Gasteiger partial charge in [0.25, 0.3) is 0 Å². The number of hydrogen-bond acceptors (Lipinski definition) is 2. The zero-order chi connectivity index (χ0) is 6.10. The fourth-order valence-corrected chi connectivity index (χ4v) is 1.79. The molecule has 2 heteroatoms. The first-order valence-corrected chi connectivity index (χ1v) is 3.75. The second-order valence-corrected chi connectivity index (χ2v) is 3.04. The summed E-state index contributed by atoms with van der Waals surface area (Å²) in [7, 11) is 0. The molecule has 2 rings (SSSR count). The van der Waals surface area contributed by atoms with E-state index in [9.17, 15) is 0 Å². The zero-order valence-electron chi connectivity index (χ0n) is 5.60. The van der Waals surface area contributed by atoms with E-state index in [1.165, 1.54) is 19.5 Å². The summed E-state index contributed by atoms with van der Waals surface area (Å²) in [6, 6.07) is 0. The molecule has 0 spiro atoms. The average Bonchev–Trinajstić information content (AvgIpc) is 2.33. The van der Waals surface area contributed by atoms with Crippen molar-refractivity contribution in [3.8, 4) is 0 Å². The maximum absolute atomic E-state index is 5.34. The van der Waals surface area contributed by atoms with Crippen LogP contribution in [0, 0.1) is 11.8 Å². The summed E-state index contributed by atoms with van der Waals surface area (Å²) in [6.07, 6.45) is 1.28. The lowest BCUT2D eigenvalue weighted by atomic mass is 9.92. The first-order chi connectivity index (χ1) is 4.47. The van der Waals surface area contributed by atoms with E-state index in [1.807, 2.05) is 0 Å². The number of fused-ring (bicyclic) bond motifs is 1. The minimum Gasteiger partial charge on any atom is -0.381 e. The van der Waals surface area contributed by atoms with Crippen molar-refractivity contribution in [2.45, 2.75) is 6.42 Å². The van der Waals surface area contributed by atoms with Crippen molar-refractivity contribution in [3.63, 3.8) is 0 Å². The Morgan fingerprint density at radius 2 is 2.11 bits per heavy atom. The van der Waals surface area contributed by atoms with Crippen LogP contribution in [0.15, 0.2) is 0 Å². The summed E-state index contributed by atoms with van der Waals surface area (Å²) in [5.74, 6) is 1.76. The van der Waals surface area contributed by atoms with Crippen molar-refractivity contribution in [1.82, 2.24) is 5.32 Å². The molecule has 1 N–H and O–H groups in total. The molecule has 2 saturated heterocycles. The van der Waals surface area contributed by atoms with Crippen molar-refractivity contribution in [2.75, 3.05) is 26.3 Å². The van der Waals surface area contributed by atoms with Gasteiger partial charge in [0.15, 0.2) is 0 Å². The van der Waals surface area contributed by atoms with Gasteiger partial charge in [-0.15, -0.1) is 0 Å². The van der Waals surface area contributed by atoms with Crippen LogP contribution in [0.1, 0.15) is 6.42 Å². The third-order valence-corrected chi connectivity index (χ3v) is 2.44. The standard InChI is InChI=1S/C7H13NO/c1-2-9-5-7-4-8-3-6(1)7/h6-8H,1-5H2/t6-,7+/m0/s1. The van der Waals surface area contributed by atoms with Gasteiger partial charge in [0.2, 0.25) is 0 Å². The lowest BCUT2D eigenvalue weighted by Gasteiger charge is -2.23. The van der Waals surface area contributed by atoms with Gasteiger partial charge in [-0.1, -0.05) is 0 Å². The Bertz CT molecular complexity index is 93.1. The Morgan fingerprint density at radius 1 is 1.22 bits per heavy atom. The van der Waals surface area contributed by atoms with E-state index >= 15 is 0 Å². The fraction of sp³-hybridized carbons (Fsp3) is 1.00. The Hall–Kier alpha value is -0.0800. The summed E-state index contributed by atoms with van der Waals surface area (Å²) in [5, 5.41) is 3.38. The van der Waals surface area contributed by atoms with Crippen LogP contribution in [0.4, 0.5) is 0 Å². The molecule has 0 amide bonds. The van der Waals surface area contributed by atoms with Crippen LogP contribution in [-0.4, -0.2) is 26.3 Å². The molecule has 0 aromatic heterocycles. The number of nitrogens with one attached hydrogen (secondary N) is 1. The monoisotopic (exact) mass is 127 g/mol. The van der Waals surface area contributed by atoms with Gasteiger partial charge in [-0.3, -0.25) is 0 Å². The Balaban J connectivity index is 1.97. The van der Waals surface area contributed by atoms with Gasteiger partial charge in [-0.05, 0) is 24.8 Å². The summed E-state index contributed by atoms with van der Waals surface area (Å²) in [4.78, 5) is 0. The normalized spacial score (nSPS) is 42.7. The quantitative estimate of drug-likeness (QED) is 0.503. The van der Waals surface area contributed by atoms with E-state index < -0.39 is 0 Å². The van der Waals surface area contributed by atoms with Crippen LogP contribution in [0.2, 0.25) is 0 Å². The SMILES string of the molecule is C1C[C@H]2CNC[C@@H]2CO1. The minimum absolute atomic E-state index is 0.832. The summed E-state index contributed by atoms with van der Waals surface area (Å²) in [5.41, 5.74) is 0. The minimum atomic E-state index is 0.832. The molecule has 0 aliphatic carbocycles. The largest absolute Gasteiger partial charge is 0.381 e. The highest BCUT2D eigenvalue weighted by Crippen LogP contribution is 2.24. The van der Waals surface area contributed by atoms with Gasteiger partial charge >= 0.3 is 0 Å². The molecule has 0 saturated carbocycles. The van der Waals surface area contributed by atoms with Gasteiger partial charge in [-0.2, -0.15) is 0 Å². The van der Waals surface area contributed by atoms with Gasteiger partial charge in [0, 0.05) is 13.2 Å². The predicted octanol–water partition coefficient (Wildman–Crippen LogP) is 0.242. The lowest BCUT2D eigenvalue weighted by molar-refractivity contribution is 0.0372. The molecule has 0 bridgehead atoms. The highest BCUT2D eigenvalue weighted by Gasteiger charge is 2.29. The molecule has 0 unspecified atom stereocenters. The Kier molecular flexibility index (Phi) is 1.44. The van der Waals surface area contributed by atoms with E-state index in [0.29, 0.717) is 0 Å². The molecule has 2 aliphatic heterocycles. The first kappa shape index (κ1) is 5.69. The summed E-state index contributed by atoms with van der Waals surface area (Å²) in [6.45, 7) is 4.40. The van der Waals surface area contributed by atoms with Crippen molar-refractivity contribution >= 4 is 0 Å². The molecule has 2 fully saturated rings. The molecule has 2 atom stereocenters.